The zero-order chi connectivity index (χ0) is 13.7. The van der Waals surface area contributed by atoms with Gasteiger partial charge in [0, 0.05) is 13.1 Å². The molecule has 0 aromatic rings. The van der Waals surface area contributed by atoms with Gasteiger partial charge in [-0.1, -0.05) is 0 Å². The maximum absolute atomic E-state index is 10.7. The molecule has 0 amide bonds. The smallest absolute Gasteiger partial charge is 0.303 e. The normalized spacial score (nSPS) is 43.7. The lowest BCUT2D eigenvalue weighted by Gasteiger charge is -2.57. The highest BCUT2D eigenvalue weighted by Crippen LogP contribution is 2.61. The molecular weight excluding hydrogens is 250 g/mol. The third-order valence-corrected chi connectivity index (χ3v) is 6.62. The van der Waals surface area contributed by atoms with Crippen LogP contribution in [0.1, 0.15) is 51.4 Å². The fraction of sp³-hybridized carbons (Fsp3) is 0.941. The molecule has 3 heteroatoms. The topological polar surface area (TPSA) is 40.5 Å². The molecule has 3 nitrogen and oxygen atoms in total. The van der Waals surface area contributed by atoms with E-state index in [2.05, 4.69) is 4.90 Å². The number of hydrogen-bond donors (Lipinski definition) is 1. The third kappa shape index (κ3) is 2.38. The molecule has 5 aliphatic rings. The van der Waals surface area contributed by atoms with Crippen LogP contribution in [0.2, 0.25) is 0 Å². The SMILES string of the molecule is O=C(O)CC1CN(CCC23CC4CC(CC(C4)C2)C3)C1. The minimum Gasteiger partial charge on any atom is -0.481 e. The summed E-state index contributed by atoms with van der Waals surface area (Å²) in [5.41, 5.74) is 0.687. The quantitative estimate of drug-likeness (QED) is 0.840. The van der Waals surface area contributed by atoms with Gasteiger partial charge >= 0.3 is 5.97 Å². The first-order valence-electron chi connectivity index (χ1n) is 8.54. The van der Waals surface area contributed by atoms with Crippen molar-refractivity contribution in [1.29, 1.82) is 0 Å². The average molecular weight is 277 g/mol. The van der Waals surface area contributed by atoms with Crippen molar-refractivity contribution in [3.8, 4) is 0 Å². The van der Waals surface area contributed by atoms with E-state index in [1.807, 2.05) is 0 Å². The van der Waals surface area contributed by atoms with Gasteiger partial charge in [0.2, 0.25) is 0 Å². The van der Waals surface area contributed by atoms with Crippen molar-refractivity contribution < 1.29 is 9.90 Å². The predicted octanol–water partition coefficient (Wildman–Crippen LogP) is 3.00. The van der Waals surface area contributed by atoms with Crippen LogP contribution in [0, 0.1) is 29.1 Å². The summed E-state index contributed by atoms with van der Waals surface area (Å²) >= 11 is 0. The van der Waals surface area contributed by atoms with Crippen molar-refractivity contribution in [1.82, 2.24) is 4.90 Å². The van der Waals surface area contributed by atoms with E-state index < -0.39 is 5.97 Å². The number of carboxylic acids is 1. The zero-order valence-electron chi connectivity index (χ0n) is 12.4. The van der Waals surface area contributed by atoms with Crippen molar-refractivity contribution in [2.24, 2.45) is 29.1 Å². The molecule has 4 saturated carbocycles. The Bertz CT molecular complexity index is 365. The standard InChI is InChI=1S/C17H27NO2/c19-16(20)6-15-10-18(11-15)2-1-17-7-12-3-13(8-17)5-14(4-12)9-17/h12-15H,1-11H2,(H,19,20). The molecule has 0 spiro atoms. The highest BCUT2D eigenvalue weighted by atomic mass is 16.4. The molecule has 0 radical (unpaired) electrons. The maximum Gasteiger partial charge on any atom is 0.303 e. The minimum absolute atomic E-state index is 0.369. The zero-order valence-corrected chi connectivity index (χ0v) is 12.4. The second kappa shape index (κ2) is 4.72. The first-order valence-corrected chi connectivity index (χ1v) is 8.54. The van der Waals surface area contributed by atoms with Crippen LogP contribution in [0.25, 0.3) is 0 Å². The fourth-order valence-electron chi connectivity index (χ4n) is 6.23. The van der Waals surface area contributed by atoms with E-state index >= 15 is 0 Å². The Morgan fingerprint density at radius 1 is 1.05 bits per heavy atom. The summed E-state index contributed by atoms with van der Waals surface area (Å²) in [6, 6.07) is 0. The van der Waals surface area contributed by atoms with Crippen molar-refractivity contribution in [3.05, 3.63) is 0 Å². The average Bonchev–Trinajstić information content (AvgIpc) is 2.29. The van der Waals surface area contributed by atoms with Crippen LogP contribution >= 0.6 is 0 Å². The number of nitrogens with zero attached hydrogens (tertiary/aromatic N) is 1. The Labute approximate surface area is 121 Å². The van der Waals surface area contributed by atoms with Crippen molar-refractivity contribution >= 4 is 5.97 Å². The predicted molar refractivity (Wildman–Crippen MR) is 77.4 cm³/mol. The lowest BCUT2D eigenvalue weighted by Crippen LogP contribution is -2.51. The summed E-state index contributed by atoms with van der Waals surface area (Å²) in [6.07, 6.45) is 10.9. The van der Waals surface area contributed by atoms with Gasteiger partial charge in [-0.15, -0.1) is 0 Å². The van der Waals surface area contributed by atoms with E-state index in [9.17, 15) is 4.79 Å². The van der Waals surface area contributed by atoms with Crippen LogP contribution in [-0.4, -0.2) is 35.6 Å². The lowest BCUT2D eigenvalue weighted by atomic mass is 9.49. The van der Waals surface area contributed by atoms with Crippen molar-refractivity contribution in [2.75, 3.05) is 19.6 Å². The molecule has 0 atom stereocenters. The molecule has 112 valence electrons. The van der Waals surface area contributed by atoms with Crippen LogP contribution in [0.3, 0.4) is 0 Å². The fourth-order valence-corrected chi connectivity index (χ4v) is 6.23. The van der Waals surface area contributed by atoms with Gasteiger partial charge in [-0.05, 0) is 80.6 Å². The Morgan fingerprint density at radius 3 is 2.10 bits per heavy atom. The first-order chi connectivity index (χ1) is 9.60. The molecule has 5 rings (SSSR count). The van der Waals surface area contributed by atoms with Gasteiger partial charge in [-0.2, -0.15) is 0 Å². The second-order valence-electron chi connectivity index (χ2n) is 8.39. The summed E-state index contributed by atoms with van der Waals surface area (Å²) < 4.78 is 0. The number of carbonyl (C=O) groups is 1. The van der Waals surface area contributed by atoms with Crippen LogP contribution in [0.5, 0.6) is 0 Å². The molecule has 0 aromatic carbocycles. The second-order valence-corrected chi connectivity index (χ2v) is 8.39. The lowest BCUT2D eigenvalue weighted by molar-refractivity contribution is -0.139. The van der Waals surface area contributed by atoms with Crippen LogP contribution in [0.4, 0.5) is 0 Å². The Morgan fingerprint density at radius 2 is 1.60 bits per heavy atom. The summed E-state index contributed by atoms with van der Waals surface area (Å²) in [4.78, 5) is 13.2. The summed E-state index contributed by atoms with van der Waals surface area (Å²) in [5.74, 6) is 2.95. The van der Waals surface area contributed by atoms with Gasteiger partial charge < -0.3 is 10.0 Å². The number of hydrogen-bond acceptors (Lipinski definition) is 2. The summed E-state index contributed by atoms with van der Waals surface area (Å²) in [7, 11) is 0. The van der Waals surface area contributed by atoms with Gasteiger partial charge in [0.25, 0.3) is 0 Å². The number of aliphatic carboxylic acids is 1. The molecule has 0 unspecified atom stereocenters. The molecule has 4 bridgehead atoms. The van der Waals surface area contributed by atoms with E-state index in [0.717, 1.165) is 30.8 Å². The summed E-state index contributed by atoms with van der Waals surface area (Å²) in [6.45, 7) is 3.28. The van der Waals surface area contributed by atoms with E-state index in [0.29, 0.717) is 17.8 Å². The summed E-state index contributed by atoms with van der Waals surface area (Å²) in [5, 5.41) is 8.80. The molecular formula is C17H27NO2. The van der Waals surface area contributed by atoms with Gasteiger partial charge in [0.05, 0.1) is 6.42 Å². The highest BCUT2D eigenvalue weighted by molar-refractivity contribution is 5.67. The van der Waals surface area contributed by atoms with Gasteiger partial charge in [-0.3, -0.25) is 4.79 Å². The molecule has 1 saturated heterocycles. The van der Waals surface area contributed by atoms with E-state index in [4.69, 9.17) is 5.11 Å². The monoisotopic (exact) mass is 277 g/mol. The van der Waals surface area contributed by atoms with Gasteiger partial charge in [-0.25, -0.2) is 0 Å². The Kier molecular flexibility index (Phi) is 3.10. The first kappa shape index (κ1) is 13.1. The maximum atomic E-state index is 10.7. The minimum atomic E-state index is -0.629. The van der Waals surface area contributed by atoms with Crippen LogP contribution in [0.15, 0.2) is 0 Å². The van der Waals surface area contributed by atoms with Crippen LogP contribution in [-0.2, 0) is 4.79 Å². The van der Waals surface area contributed by atoms with E-state index in [-0.39, 0.29) is 0 Å². The van der Waals surface area contributed by atoms with Gasteiger partial charge in [0.1, 0.15) is 0 Å². The van der Waals surface area contributed by atoms with E-state index in [1.54, 1.807) is 0 Å². The van der Waals surface area contributed by atoms with E-state index in [1.165, 1.54) is 51.5 Å². The number of likely N-dealkylation sites (tertiary alicyclic amines) is 1. The number of carboxylic acid groups (broad SMARTS) is 1. The van der Waals surface area contributed by atoms with Crippen molar-refractivity contribution in [3.63, 3.8) is 0 Å². The molecule has 20 heavy (non-hydrogen) atoms. The Balaban J connectivity index is 1.27. The number of rotatable bonds is 5. The largest absolute Gasteiger partial charge is 0.481 e. The van der Waals surface area contributed by atoms with Gasteiger partial charge in [0.15, 0.2) is 0 Å². The molecule has 4 aliphatic carbocycles. The van der Waals surface area contributed by atoms with Crippen molar-refractivity contribution in [2.45, 2.75) is 51.4 Å². The molecule has 5 fully saturated rings. The molecule has 0 aromatic heterocycles. The molecule has 1 N–H and O–H groups in total. The third-order valence-electron chi connectivity index (χ3n) is 6.62. The van der Waals surface area contributed by atoms with Crippen LogP contribution < -0.4 is 0 Å². The molecule has 1 heterocycles. The highest BCUT2D eigenvalue weighted by Gasteiger charge is 2.50. The molecule has 1 aliphatic heterocycles. The Hall–Kier alpha value is -0.570.